The molecule has 0 aliphatic carbocycles. The van der Waals surface area contributed by atoms with Gasteiger partial charge in [-0.1, -0.05) is 29.3 Å². The Hall–Kier alpha value is -0.830. The molecule has 1 saturated heterocycles. The van der Waals surface area contributed by atoms with Crippen molar-refractivity contribution in [3.63, 3.8) is 0 Å². The Balaban J connectivity index is 2.05. The first kappa shape index (κ1) is 13.6. The number of aryl methyl sites for hydroxylation is 1. The van der Waals surface area contributed by atoms with E-state index >= 15 is 0 Å². The van der Waals surface area contributed by atoms with E-state index in [9.17, 15) is 4.79 Å². The number of hydrogen-bond donors (Lipinski definition) is 0. The maximum Gasteiger partial charge on any atom is 0.253 e. The number of likely N-dealkylation sites (tertiary alicyclic amines) is 1. The van der Waals surface area contributed by atoms with Gasteiger partial charge in [-0.05, 0) is 49.4 Å². The van der Waals surface area contributed by atoms with Gasteiger partial charge in [0.05, 0.1) is 0 Å². The van der Waals surface area contributed by atoms with E-state index in [1.54, 1.807) is 0 Å². The topological polar surface area (TPSA) is 20.3 Å². The molecule has 1 aromatic rings. The number of amides is 1. The van der Waals surface area contributed by atoms with Crippen LogP contribution in [0.3, 0.4) is 0 Å². The number of carbonyl (C=O) groups is 1. The highest BCUT2D eigenvalue weighted by Crippen LogP contribution is 2.23. The van der Waals surface area contributed by atoms with Gasteiger partial charge in [0, 0.05) is 23.1 Å². The van der Waals surface area contributed by atoms with Crippen LogP contribution in [0.5, 0.6) is 0 Å². The molecule has 1 aromatic carbocycles. The third kappa shape index (κ3) is 2.94. The van der Waals surface area contributed by atoms with Gasteiger partial charge in [0.15, 0.2) is 0 Å². The van der Waals surface area contributed by atoms with Crippen molar-refractivity contribution in [1.82, 2.24) is 4.90 Å². The SMILES string of the molecule is CCC1CCN(C(=O)c2ccc(Br)c(C)c2)CC1. The quantitative estimate of drug-likeness (QED) is 0.808. The molecule has 1 amide bonds. The van der Waals surface area contributed by atoms with Crippen molar-refractivity contribution >= 4 is 21.8 Å². The van der Waals surface area contributed by atoms with E-state index in [4.69, 9.17) is 0 Å². The van der Waals surface area contributed by atoms with E-state index in [2.05, 4.69) is 22.9 Å². The number of rotatable bonds is 2. The van der Waals surface area contributed by atoms with Gasteiger partial charge < -0.3 is 4.90 Å². The lowest BCUT2D eigenvalue weighted by molar-refractivity contribution is 0.0688. The standard InChI is InChI=1S/C15H20BrNO/c1-3-12-6-8-17(9-7-12)15(18)13-4-5-14(16)11(2)10-13/h4-5,10,12H,3,6-9H2,1-2H3. The van der Waals surface area contributed by atoms with Crippen molar-refractivity contribution in [2.75, 3.05) is 13.1 Å². The molecule has 18 heavy (non-hydrogen) atoms. The summed E-state index contributed by atoms with van der Waals surface area (Å²) in [4.78, 5) is 14.4. The highest BCUT2D eigenvalue weighted by Gasteiger charge is 2.22. The third-order valence-electron chi connectivity index (χ3n) is 3.88. The number of halogens is 1. The van der Waals surface area contributed by atoms with Gasteiger partial charge >= 0.3 is 0 Å². The summed E-state index contributed by atoms with van der Waals surface area (Å²) in [6.07, 6.45) is 3.54. The molecule has 0 unspecified atom stereocenters. The van der Waals surface area contributed by atoms with Crippen LogP contribution in [-0.2, 0) is 0 Å². The van der Waals surface area contributed by atoms with Crippen LogP contribution in [-0.4, -0.2) is 23.9 Å². The first-order valence-electron chi connectivity index (χ1n) is 6.67. The minimum Gasteiger partial charge on any atom is -0.339 e. The van der Waals surface area contributed by atoms with Gasteiger partial charge in [-0.2, -0.15) is 0 Å². The summed E-state index contributed by atoms with van der Waals surface area (Å²) in [5.41, 5.74) is 1.93. The van der Waals surface area contributed by atoms with Crippen LogP contribution in [0.4, 0.5) is 0 Å². The van der Waals surface area contributed by atoms with Crippen LogP contribution >= 0.6 is 15.9 Å². The Kier molecular flexibility index (Phi) is 4.44. The molecular weight excluding hydrogens is 290 g/mol. The summed E-state index contributed by atoms with van der Waals surface area (Å²) in [5, 5.41) is 0. The van der Waals surface area contributed by atoms with Gasteiger partial charge in [0.2, 0.25) is 0 Å². The molecule has 2 nitrogen and oxygen atoms in total. The highest BCUT2D eigenvalue weighted by atomic mass is 79.9. The normalized spacial score (nSPS) is 16.9. The minimum absolute atomic E-state index is 0.181. The summed E-state index contributed by atoms with van der Waals surface area (Å²) >= 11 is 3.47. The minimum atomic E-state index is 0.181. The smallest absolute Gasteiger partial charge is 0.253 e. The van der Waals surface area contributed by atoms with Gasteiger partial charge in [-0.25, -0.2) is 0 Å². The second-order valence-electron chi connectivity index (χ2n) is 5.11. The third-order valence-corrected chi connectivity index (χ3v) is 4.77. The number of piperidine rings is 1. The van der Waals surface area contributed by atoms with Crippen LogP contribution in [0.1, 0.15) is 42.1 Å². The van der Waals surface area contributed by atoms with Crippen LogP contribution in [0.15, 0.2) is 22.7 Å². The van der Waals surface area contributed by atoms with Crippen LogP contribution in [0.25, 0.3) is 0 Å². The molecule has 0 N–H and O–H groups in total. The van der Waals surface area contributed by atoms with E-state index < -0.39 is 0 Å². The molecule has 3 heteroatoms. The van der Waals surface area contributed by atoms with Crippen molar-refractivity contribution < 1.29 is 4.79 Å². The molecule has 0 saturated carbocycles. The Morgan fingerprint density at radius 1 is 1.39 bits per heavy atom. The summed E-state index contributed by atoms with van der Waals surface area (Å²) in [5.74, 6) is 0.987. The molecule has 0 spiro atoms. The van der Waals surface area contributed by atoms with Gasteiger partial charge in [0.1, 0.15) is 0 Å². The fourth-order valence-corrected chi connectivity index (χ4v) is 2.75. The van der Waals surface area contributed by atoms with E-state index in [0.29, 0.717) is 0 Å². The van der Waals surface area contributed by atoms with Crippen molar-refractivity contribution in [2.24, 2.45) is 5.92 Å². The van der Waals surface area contributed by atoms with E-state index in [1.165, 1.54) is 6.42 Å². The Morgan fingerprint density at radius 2 is 2.06 bits per heavy atom. The predicted octanol–water partition coefficient (Wildman–Crippen LogP) is 4.02. The first-order chi connectivity index (χ1) is 8.61. The summed E-state index contributed by atoms with van der Waals surface area (Å²) in [6, 6.07) is 5.84. The zero-order chi connectivity index (χ0) is 13.1. The van der Waals surface area contributed by atoms with Gasteiger partial charge in [-0.15, -0.1) is 0 Å². The van der Waals surface area contributed by atoms with Crippen molar-refractivity contribution in [3.8, 4) is 0 Å². The van der Waals surface area contributed by atoms with Crippen LogP contribution in [0, 0.1) is 12.8 Å². The predicted molar refractivity (Wildman–Crippen MR) is 77.8 cm³/mol. The fourth-order valence-electron chi connectivity index (χ4n) is 2.50. The lowest BCUT2D eigenvalue weighted by atomic mass is 9.94. The van der Waals surface area contributed by atoms with Crippen molar-refractivity contribution in [3.05, 3.63) is 33.8 Å². The first-order valence-corrected chi connectivity index (χ1v) is 7.46. The van der Waals surface area contributed by atoms with Gasteiger partial charge in [0.25, 0.3) is 5.91 Å². The zero-order valence-electron chi connectivity index (χ0n) is 11.1. The molecule has 0 atom stereocenters. The zero-order valence-corrected chi connectivity index (χ0v) is 12.7. The van der Waals surface area contributed by atoms with E-state index in [-0.39, 0.29) is 5.91 Å². The maximum atomic E-state index is 12.4. The largest absolute Gasteiger partial charge is 0.339 e. The number of nitrogens with zero attached hydrogens (tertiary/aromatic N) is 1. The molecule has 0 bridgehead atoms. The summed E-state index contributed by atoms with van der Waals surface area (Å²) < 4.78 is 1.06. The fraction of sp³-hybridized carbons (Fsp3) is 0.533. The molecule has 2 rings (SSSR count). The van der Waals surface area contributed by atoms with Crippen molar-refractivity contribution in [2.45, 2.75) is 33.1 Å². The maximum absolute atomic E-state index is 12.4. The number of benzene rings is 1. The molecule has 1 aliphatic heterocycles. The average molecular weight is 310 g/mol. The average Bonchev–Trinajstić information content (AvgIpc) is 2.41. The summed E-state index contributed by atoms with van der Waals surface area (Å²) in [6.45, 7) is 6.07. The molecule has 0 radical (unpaired) electrons. The molecular formula is C15H20BrNO. The van der Waals surface area contributed by atoms with E-state index in [1.807, 2.05) is 30.0 Å². The van der Waals surface area contributed by atoms with E-state index in [0.717, 1.165) is 47.4 Å². The number of hydrogen-bond acceptors (Lipinski definition) is 1. The highest BCUT2D eigenvalue weighted by molar-refractivity contribution is 9.10. The Morgan fingerprint density at radius 3 is 2.61 bits per heavy atom. The second kappa shape index (κ2) is 5.87. The monoisotopic (exact) mass is 309 g/mol. The number of carbonyl (C=O) groups excluding carboxylic acids is 1. The van der Waals surface area contributed by atoms with Crippen molar-refractivity contribution in [1.29, 1.82) is 0 Å². The molecule has 1 fully saturated rings. The van der Waals surface area contributed by atoms with Gasteiger partial charge in [-0.3, -0.25) is 4.79 Å². The second-order valence-corrected chi connectivity index (χ2v) is 5.96. The lowest BCUT2D eigenvalue weighted by Crippen LogP contribution is -2.38. The lowest BCUT2D eigenvalue weighted by Gasteiger charge is -2.31. The Labute approximate surface area is 117 Å². The molecule has 1 aliphatic rings. The Bertz CT molecular complexity index is 436. The molecule has 98 valence electrons. The molecule has 0 aromatic heterocycles. The van der Waals surface area contributed by atoms with Crippen LogP contribution in [0.2, 0.25) is 0 Å². The van der Waals surface area contributed by atoms with Crippen LogP contribution < -0.4 is 0 Å². The molecule has 1 heterocycles. The summed E-state index contributed by atoms with van der Waals surface area (Å²) in [7, 11) is 0.